The first-order chi connectivity index (χ1) is 11.0. The van der Waals surface area contributed by atoms with Gasteiger partial charge in [0, 0.05) is 6.54 Å². The number of amides is 1. The molecule has 23 heavy (non-hydrogen) atoms. The van der Waals surface area contributed by atoms with Crippen molar-refractivity contribution in [1.29, 1.82) is 0 Å². The van der Waals surface area contributed by atoms with E-state index >= 15 is 0 Å². The highest BCUT2D eigenvalue weighted by Gasteiger charge is 2.15. The fraction of sp³-hybridized carbons (Fsp3) is 0.176. The molecule has 0 aliphatic heterocycles. The Kier molecular flexibility index (Phi) is 4.30. The number of nitrogens with zero attached hydrogens (tertiary/aromatic N) is 1. The van der Waals surface area contributed by atoms with Gasteiger partial charge in [0.25, 0.3) is 5.91 Å². The normalized spacial score (nSPS) is 10.9. The number of imidazole rings is 1. The van der Waals surface area contributed by atoms with Gasteiger partial charge in [0.1, 0.15) is 11.6 Å². The molecule has 0 aliphatic rings. The highest BCUT2D eigenvalue weighted by atomic mass is 35.5. The van der Waals surface area contributed by atoms with Gasteiger partial charge in [0.2, 0.25) is 0 Å². The summed E-state index contributed by atoms with van der Waals surface area (Å²) < 4.78 is 13.7. The lowest BCUT2D eigenvalue weighted by Gasteiger charge is -2.08. The molecule has 0 saturated heterocycles. The van der Waals surface area contributed by atoms with E-state index in [1.54, 1.807) is 0 Å². The molecule has 2 N–H and O–H groups in total. The molecule has 6 heteroatoms. The highest BCUT2D eigenvalue weighted by Crippen LogP contribution is 2.18. The van der Waals surface area contributed by atoms with Crippen molar-refractivity contribution in [3.05, 3.63) is 64.2 Å². The lowest BCUT2D eigenvalue weighted by Crippen LogP contribution is -2.26. The SMILES string of the molecule is Cc1nc2ccc(CCNC(=O)c3c(F)cccc3Cl)cc2[nH]1. The third kappa shape index (κ3) is 3.35. The topological polar surface area (TPSA) is 57.8 Å². The van der Waals surface area contributed by atoms with Crippen molar-refractivity contribution < 1.29 is 9.18 Å². The molecule has 3 aromatic rings. The molecule has 4 nitrogen and oxygen atoms in total. The average molecular weight is 332 g/mol. The van der Waals surface area contributed by atoms with Crippen LogP contribution in [-0.4, -0.2) is 22.4 Å². The summed E-state index contributed by atoms with van der Waals surface area (Å²) in [5, 5.41) is 2.80. The van der Waals surface area contributed by atoms with E-state index in [0.29, 0.717) is 13.0 Å². The molecule has 118 valence electrons. The zero-order chi connectivity index (χ0) is 16.4. The van der Waals surface area contributed by atoms with Crippen LogP contribution in [0.2, 0.25) is 5.02 Å². The number of benzene rings is 2. The second kappa shape index (κ2) is 6.38. The van der Waals surface area contributed by atoms with Gasteiger partial charge in [0.15, 0.2) is 0 Å². The van der Waals surface area contributed by atoms with Crippen LogP contribution in [0.1, 0.15) is 21.7 Å². The number of hydrogen-bond donors (Lipinski definition) is 2. The molecule has 3 rings (SSSR count). The Hall–Kier alpha value is -2.40. The molecular formula is C17H15ClFN3O. The molecule has 0 radical (unpaired) electrons. The van der Waals surface area contributed by atoms with Crippen molar-refractivity contribution in [2.45, 2.75) is 13.3 Å². The minimum atomic E-state index is -0.621. The second-order valence-corrected chi connectivity index (χ2v) is 5.68. The van der Waals surface area contributed by atoms with Crippen LogP contribution in [0.5, 0.6) is 0 Å². The van der Waals surface area contributed by atoms with Crippen LogP contribution in [0.25, 0.3) is 11.0 Å². The largest absolute Gasteiger partial charge is 0.352 e. The molecule has 0 aliphatic carbocycles. The number of aromatic nitrogens is 2. The summed E-state index contributed by atoms with van der Waals surface area (Å²) >= 11 is 5.88. The monoisotopic (exact) mass is 331 g/mol. The molecule has 1 amide bonds. The highest BCUT2D eigenvalue weighted by molar-refractivity contribution is 6.33. The Bertz CT molecular complexity index is 855. The molecule has 2 aromatic carbocycles. The van der Waals surface area contributed by atoms with Crippen LogP contribution >= 0.6 is 11.6 Å². The van der Waals surface area contributed by atoms with Crippen molar-refractivity contribution >= 4 is 28.5 Å². The van der Waals surface area contributed by atoms with Crippen molar-refractivity contribution in [2.75, 3.05) is 6.54 Å². The molecular weight excluding hydrogens is 317 g/mol. The number of halogens is 2. The smallest absolute Gasteiger partial charge is 0.255 e. The van der Waals surface area contributed by atoms with Gasteiger partial charge in [-0.3, -0.25) is 4.79 Å². The molecule has 1 heterocycles. The van der Waals surface area contributed by atoms with Gasteiger partial charge in [-0.1, -0.05) is 23.7 Å². The van der Waals surface area contributed by atoms with E-state index in [2.05, 4.69) is 15.3 Å². The van der Waals surface area contributed by atoms with Crippen molar-refractivity contribution in [2.24, 2.45) is 0 Å². The number of H-pyrrole nitrogens is 1. The van der Waals surface area contributed by atoms with Crippen molar-refractivity contribution in [1.82, 2.24) is 15.3 Å². The first-order valence-electron chi connectivity index (χ1n) is 7.22. The van der Waals surface area contributed by atoms with Gasteiger partial charge < -0.3 is 10.3 Å². The van der Waals surface area contributed by atoms with E-state index in [0.717, 1.165) is 22.4 Å². The van der Waals surface area contributed by atoms with E-state index in [9.17, 15) is 9.18 Å². The summed E-state index contributed by atoms with van der Waals surface area (Å²) in [6.07, 6.45) is 0.631. The van der Waals surface area contributed by atoms with E-state index in [1.807, 2.05) is 25.1 Å². The number of hydrogen-bond acceptors (Lipinski definition) is 2. The van der Waals surface area contributed by atoms with Gasteiger partial charge in [-0.15, -0.1) is 0 Å². The predicted molar refractivity (Wildman–Crippen MR) is 88.3 cm³/mol. The summed E-state index contributed by atoms with van der Waals surface area (Å²) in [6, 6.07) is 10.1. The maximum Gasteiger partial charge on any atom is 0.255 e. The molecule has 0 atom stereocenters. The van der Waals surface area contributed by atoms with Crippen molar-refractivity contribution in [3.63, 3.8) is 0 Å². The van der Waals surface area contributed by atoms with E-state index in [1.165, 1.54) is 18.2 Å². The second-order valence-electron chi connectivity index (χ2n) is 5.28. The summed E-state index contributed by atoms with van der Waals surface area (Å²) in [5.41, 5.74) is 2.81. The van der Waals surface area contributed by atoms with Crippen LogP contribution in [0.3, 0.4) is 0 Å². The number of fused-ring (bicyclic) bond motifs is 1. The van der Waals surface area contributed by atoms with E-state index in [-0.39, 0.29) is 10.6 Å². The standard InChI is InChI=1S/C17H15ClFN3O/c1-10-21-14-6-5-11(9-15(14)22-10)7-8-20-17(23)16-12(18)3-2-4-13(16)19/h2-6,9H,7-8H2,1H3,(H,20,23)(H,21,22). The summed E-state index contributed by atoms with van der Waals surface area (Å²) in [5.74, 6) is -0.268. The number of aryl methyl sites for hydroxylation is 1. The van der Waals surface area contributed by atoms with Crippen LogP contribution in [0.4, 0.5) is 4.39 Å². The molecule has 1 aromatic heterocycles. The summed E-state index contributed by atoms with van der Waals surface area (Å²) in [6.45, 7) is 2.29. The quantitative estimate of drug-likeness (QED) is 0.767. The number of carbonyl (C=O) groups excluding carboxylic acids is 1. The molecule has 0 spiro atoms. The lowest BCUT2D eigenvalue weighted by atomic mass is 10.1. The van der Waals surface area contributed by atoms with Crippen molar-refractivity contribution in [3.8, 4) is 0 Å². The predicted octanol–water partition coefficient (Wildman–Crippen LogP) is 3.64. The first kappa shape index (κ1) is 15.5. The zero-order valence-corrected chi connectivity index (χ0v) is 13.2. The number of carbonyl (C=O) groups is 1. The van der Waals surface area contributed by atoms with Crippen LogP contribution < -0.4 is 5.32 Å². The first-order valence-corrected chi connectivity index (χ1v) is 7.60. The van der Waals surface area contributed by atoms with Crippen LogP contribution in [0.15, 0.2) is 36.4 Å². The number of aromatic amines is 1. The maximum absolute atomic E-state index is 13.7. The summed E-state index contributed by atoms with van der Waals surface area (Å²) in [7, 11) is 0. The van der Waals surface area contributed by atoms with Gasteiger partial charge >= 0.3 is 0 Å². The maximum atomic E-state index is 13.7. The average Bonchev–Trinajstić information content (AvgIpc) is 2.86. The lowest BCUT2D eigenvalue weighted by molar-refractivity contribution is 0.0950. The van der Waals surface area contributed by atoms with Gasteiger partial charge in [-0.2, -0.15) is 0 Å². The Balaban J connectivity index is 1.65. The van der Waals surface area contributed by atoms with E-state index < -0.39 is 11.7 Å². The van der Waals surface area contributed by atoms with Crippen LogP contribution in [-0.2, 0) is 6.42 Å². The van der Waals surface area contributed by atoms with Crippen LogP contribution in [0, 0.1) is 12.7 Å². The third-order valence-electron chi connectivity index (χ3n) is 3.55. The zero-order valence-electron chi connectivity index (χ0n) is 12.5. The fourth-order valence-corrected chi connectivity index (χ4v) is 2.71. The molecule has 0 bridgehead atoms. The summed E-state index contributed by atoms with van der Waals surface area (Å²) in [4.78, 5) is 19.6. The molecule has 0 unspecified atom stereocenters. The number of nitrogens with one attached hydrogen (secondary N) is 2. The van der Waals surface area contributed by atoms with Gasteiger partial charge in [0.05, 0.1) is 21.6 Å². The Labute approximate surface area is 137 Å². The minimum Gasteiger partial charge on any atom is -0.352 e. The molecule has 0 fully saturated rings. The Morgan fingerprint density at radius 2 is 2.17 bits per heavy atom. The Morgan fingerprint density at radius 3 is 2.96 bits per heavy atom. The minimum absolute atomic E-state index is 0.108. The third-order valence-corrected chi connectivity index (χ3v) is 3.87. The van der Waals surface area contributed by atoms with E-state index in [4.69, 9.17) is 11.6 Å². The Morgan fingerprint density at radius 1 is 1.35 bits per heavy atom. The van der Waals surface area contributed by atoms with Gasteiger partial charge in [-0.05, 0) is 43.2 Å². The number of rotatable bonds is 4. The van der Waals surface area contributed by atoms with Gasteiger partial charge in [-0.25, -0.2) is 9.37 Å². The molecule has 0 saturated carbocycles. The fourth-order valence-electron chi connectivity index (χ4n) is 2.46.